The van der Waals surface area contributed by atoms with E-state index >= 15 is 0 Å². The lowest BCUT2D eigenvalue weighted by Crippen LogP contribution is -2.04. The number of methoxy groups -OCH3 is 4. The minimum Gasteiger partial charge on any atom is -0.493 e. The van der Waals surface area contributed by atoms with E-state index in [9.17, 15) is 10.1 Å². The summed E-state index contributed by atoms with van der Waals surface area (Å²) < 4.78 is 29.7. The molecule has 1 aliphatic carbocycles. The van der Waals surface area contributed by atoms with Crippen LogP contribution < -0.4 is 18.9 Å². The van der Waals surface area contributed by atoms with Crippen molar-refractivity contribution >= 4 is 5.69 Å². The van der Waals surface area contributed by atoms with Gasteiger partial charge in [-0.25, -0.2) is 0 Å². The van der Waals surface area contributed by atoms with E-state index in [2.05, 4.69) is 9.72 Å². The zero-order chi connectivity index (χ0) is 26.1. The molecule has 0 saturated heterocycles. The summed E-state index contributed by atoms with van der Waals surface area (Å²) in [6.45, 7) is 0.382. The van der Waals surface area contributed by atoms with Crippen molar-refractivity contribution in [1.82, 2.24) is 9.72 Å². The number of hydrogen-bond acceptors (Lipinski definition) is 8. The number of benzene rings is 2. The molecule has 2 aromatic carbocycles. The van der Waals surface area contributed by atoms with Gasteiger partial charge in [-0.05, 0) is 48.6 Å². The number of nitrogens with zero attached hydrogens (tertiary/aromatic N) is 3. The van der Waals surface area contributed by atoms with Gasteiger partial charge in [0.25, 0.3) is 0 Å². The SMILES string of the molecule is COc1ccc(Cn2cc3c(c2-c2cc(OC)c(OC)c(OC)c2)CCCc2cnoc2-3)cc1[N+](=O)[O-]. The number of hydrogen-bond donors (Lipinski definition) is 0. The Balaban J connectivity index is 1.72. The highest BCUT2D eigenvalue weighted by atomic mass is 16.6. The Bertz CT molecular complexity index is 1450. The molecule has 1 aliphatic rings. The van der Waals surface area contributed by atoms with Gasteiger partial charge in [0.2, 0.25) is 5.75 Å². The standard InChI is InChI=1S/C27H27N3O7/c1-33-22-9-8-16(10-21(22)30(31)32)14-29-15-20-19(7-5-6-17-13-28-37-26(17)20)25(29)18-11-23(34-2)27(36-4)24(12-18)35-3/h8-13,15H,5-7,14H2,1-4H3. The molecular formula is C27H27N3O7. The first-order valence-electron chi connectivity index (χ1n) is 11.8. The first-order valence-corrected chi connectivity index (χ1v) is 11.8. The second-order valence-electron chi connectivity index (χ2n) is 8.71. The van der Waals surface area contributed by atoms with Gasteiger partial charge in [-0.1, -0.05) is 11.2 Å². The molecule has 37 heavy (non-hydrogen) atoms. The first kappa shape index (κ1) is 24.2. The lowest BCUT2D eigenvalue weighted by atomic mass is 10.00. The van der Waals surface area contributed by atoms with Crippen LogP contribution in [0.15, 0.2) is 47.2 Å². The molecule has 0 saturated carbocycles. The van der Waals surface area contributed by atoms with E-state index in [0.717, 1.165) is 58.5 Å². The Morgan fingerprint density at radius 1 is 1.00 bits per heavy atom. The van der Waals surface area contributed by atoms with Crippen LogP contribution in [0.5, 0.6) is 23.0 Å². The maximum absolute atomic E-state index is 11.6. The van der Waals surface area contributed by atoms with Gasteiger partial charge in [0.05, 0.1) is 45.3 Å². The third-order valence-corrected chi connectivity index (χ3v) is 6.68. The largest absolute Gasteiger partial charge is 0.493 e. The Morgan fingerprint density at radius 2 is 1.73 bits per heavy atom. The summed E-state index contributed by atoms with van der Waals surface area (Å²) in [5, 5.41) is 15.7. The lowest BCUT2D eigenvalue weighted by Gasteiger charge is -2.17. The quantitative estimate of drug-likeness (QED) is 0.235. The fraction of sp³-hybridized carbons (Fsp3) is 0.296. The highest BCUT2D eigenvalue weighted by Gasteiger charge is 2.27. The summed E-state index contributed by atoms with van der Waals surface area (Å²) in [4.78, 5) is 11.2. The van der Waals surface area contributed by atoms with Crippen LogP contribution in [-0.4, -0.2) is 43.1 Å². The summed E-state index contributed by atoms with van der Waals surface area (Å²) in [6.07, 6.45) is 6.41. The van der Waals surface area contributed by atoms with E-state index in [1.165, 1.54) is 7.11 Å². The van der Waals surface area contributed by atoms with E-state index in [1.807, 2.05) is 24.4 Å². The van der Waals surface area contributed by atoms with Crippen molar-refractivity contribution in [1.29, 1.82) is 0 Å². The third-order valence-electron chi connectivity index (χ3n) is 6.68. The second kappa shape index (κ2) is 9.88. The van der Waals surface area contributed by atoms with Crippen molar-refractivity contribution in [2.75, 3.05) is 28.4 Å². The van der Waals surface area contributed by atoms with Crippen LogP contribution in [-0.2, 0) is 19.4 Å². The Morgan fingerprint density at radius 3 is 2.38 bits per heavy atom. The number of rotatable bonds is 8. The fourth-order valence-corrected chi connectivity index (χ4v) is 5.02. The number of nitro groups is 1. The van der Waals surface area contributed by atoms with Gasteiger partial charge in [0.1, 0.15) is 0 Å². The molecule has 192 valence electrons. The van der Waals surface area contributed by atoms with E-state index in [0.29, 0.717) is 23.8 Å². The van der Waals surface area contributed by atoms with Gasteiger partial charge in [-0.2, -0.15) is 0 Å². The lowest BCUT2D eigenvalue weighted by molar-refractivity contribution is -0.385. The molecule has 0 amide bonds. The molecular weight excluding hydrogens is 478 g/mol. The predicted octanol–water partition coefficient (Wildman–Crippen LogP) is 5.29. The van der Waals surface area contributed by atoms with Crippen molar-refractivity contribution in [2.24, 2.45) is 0 Å². The van der Waals surface area contributed by atoms with Crippen molar-refractivity contribution in [3.05, 3.63) is 69.5 Å². The Kier molecular flexibility index (Phi) is 6.47. The third kappa shape index (κ3) is 4.24. The second-order valence-corrected chi connectivity index (χ2v) is 8.71. The molecule has 2 heterocycles. The molecule has 0 aliphatic heterocycles. The molecule has 0 atom stereocenters. The highest BCUT2D eigenvalue weighted by molar-refractivity contribution is 5.80. The van der Waals surface area contributed by atoms with E-state index in [1.54, 1.807) is 39.7 Å². The fourth-order valence-electron chi connectivity index (χ4n) is 5.02. The summed E-state index contributed by atoms with van der Waals surface area (Å²) in [7, 11) is 6.15. The summed E-state index contributed by atoms with van der Waals surface area (Å²) in [5.41, 5.74) is 5.60. The molecule has 0 unspecified atom stereocenters. The van der Waals surface area contributed by atoms with Crippen LogP contribution in [0.2, 0.25) is 0 Å². The zero-order valence-electron chi connectivity index (χ0n) is 21.1. The van der Waals surface area contributed by atoms with Crippen LogP contribution in [0.3, 0.4) is 0 Å². The number of nitro benzene ring substituents is 1. The van der Waals surface area contributed by atoms with Gasteiger partial charge < -0.3 is 28.0 Å². The number of aromatic nitrogens is 2. The first-order chi connectivity index (χ1) is 18.0. The smallest absolute Gasteiger partial charge is 0.311 e. The molecule has 0 radical (unpaired) electrons. The molecule has 4 aromatic rings. The van der Waals surface area contributed by atoms with Crippen molar-refractivity contribution in [3.63, 3.8) is 0 Å². The van der Waals surface area contributed by atoms with E-state index in [4.69, 9.17) is 23.5 Å². The summed E-state index contributed by atoms with van der Waals surface area (Å²) in [6, 6.07) is 8.82. The molecule has 0 N–H and O–H groups in total. The molecule has 0 fully saturated rings. The van der Waals surface area contributed by atoms with Gasteiger partial charge in [0, 0.05) is 35.5 Å². The normalized spacial score (nSPS) is 12.3. The van der Waals surface area contributed by atoms with Gasteiger partial charge in [-0.15, -0.1) is 0 Å². The van der Waals surface area contributed by atoms with Gasteiger partial charge in [-0.3, -0.25) is 10.1 Å². The van der Waals surface area contributed by atoms with Crippen molar-refractivity contribution in [2.45, 2.75) is 25.8 Å². The Labute approximate surface area is 213 Å². The number of aryl methyl sites for hydroxylation is 1. The zero-order valence-corrected chi connectivity index (χ0v) is 21.1. The average Bonchev–Trinajstić information content (AvgIpc) is 3.48. The minimum atomic E-state index is -0.436. The van der Waals surface area contributed by atoms with Gasteiger partial charge >= 0.3 is 5.69 Å². The maximum atomic E-state index is 11.6. The predicted molar refractivity (Wildman–Crippen MR) is 136 cm³/mol. The van der Waals surface area contributed by atoms with Crippen LogP contribution in [0.25, 0.3) is 22.6 Å². The van der Waals surface area contributed by atoms with E-state index < -0.39 is 4.92 Å². The van der Waals surface area contributed by atoms with Crippen LogP contribution >= 0.6 is 0 Å². The maximum Gasteiger partial charge on any atom is 0.311 e. The van der Waals surface area contributed by atoms with E-state index in [-0.39, 0.29) is 11.4 Å². The van der Waals surface area contributed by atoms with Crippen molar-refractivity contribution in [3.8, 4) is 45.6 Å². The molecule has 0 bridgehead atoms. The van der Waals surface area contributed by atoms with Crippen molar-refractivity contribution < 1.29 is 28.4 Å². The Hall–Kier alpha value is -4.47. The molecule has 10 heteroatoms. The average molecular weight is 506 g/mol. The topological polar surface area (TPSA) is 111 Å². The van der Waals surface area contributed by atoms with Crippen LogP contribution in [0.1, 0.15) is 23.1 Å². The minimum absolute atomic E-state index is 0.0828. The number of ether oxygens (including phenoxy) is 4. The van der Waals surface area contributed by atoms with Crippen LogP contribution in [0.4, 0.5) is 5.69 Å². The molecule has 5 rings (SSSR count). The van der Waals surface area contributed by atoms with Crippen LogP contribution in [0, 0.1) is 10.1 Å². The summed E-state index contributed by atoms with van der Waals surface area (Å²) in [5.74, 6) is 2.54. The molecule has 0 spiro atoms. The monoisotopic (exact) mass is 505 g/mol. The molecule has 10 nitrogen and oxygen atoms in total. The van der Waals surface area contributed by atoms with Gasteiger partial charge in [0.15, 0.2) is 23.0 Å². The summed E-state index contributed by atoms with van der Waals surface area (Å²) >= 11 is 0. The molecule has 2 aromatic heterocycles. The highest BCUT2D eigenvalue weighted by Crippen LogP contribution is 2.45. The number of fused-ring (bicyclic) bond motifs is 3.